The van der Waals surface area contributed by atoms with Crippen LogP contribution in [0.25, 0.3) is 33.4 Å². The summed E-state index contributed by atoms with van der Waals surface area (Å²) < 4.78 is 29.8. The summed E-state index contributed by atoms with van der Waals surface area (Å²) in [6, 6.07) is 9.90. The van der Waals surface area contributed by atoms with Crippen LogP contribution in [0.5, 0.6) is 5.75 Å². The number of methoxy groups -OCH3 is 1. The highest BCUT2D eigenvalue weighted by Crippen LogP contribution is 2.48. The van der Waals surface area contributed by atoms with Gasteiger partial charge in [0.1, 0.15) is 23.4 Å². The average Bonchev–Trinajstić information content (AvgIpc) is 3.51. The Kier molecular flexibility index (Phi) is 8.10. The number of alkyl carbamates (subject to hydrolysis) is 1. The number of nitrogens with zero attached hydrogens (tertiary/aromatic N) is 4. The molecule has 3 atom stereocenters. The second kappa shape index (κ2) is 12.5. The van der Waals surface area contributed by atoms with Crippen LogP contribution in [0.15, 0.2) is 48.8 Å². The van der Waals surface area contributed by atoms with Crippen LogP contribution in [0.1, 0.15) is 67.5 Å². The maximum atomic E-state index is 16.3. The van der Waals surface area contributed by atoms with Gasteiger partial charge in [-0.05, 0) is 73.9 Å². The number of amides is 2. The first-order valence-electron chi connectivity index (χ1n) is 16.6. The number of H-pyrrole nitrogens is 1. The molecule has 1 saturated carbocycles. The van der Waals surface area contributed by atoms with Gasteiger partial charge in [-0.3, -0.25) is 9.36 Å². The smallest absolute Gasteiger partial charge is 0.407 e. The molecular formula is C36H36ClFN6O4S. The maximum Gasteiger partial charge on any atom is 0.407 e. The molecule has 13 heteroatoms. The van der Waals surface area contributed by atoms with Gasteiger partial charge in [-0.1, -0.05) is 25.4 Å². The maximum absolute atomic E-state index is 16.3. The highest BCUT2D eigenvalue weighted by atomic mass is 35.5. The zero-order valence-electron chi connectivity index (χ0n) is 27.3. The van der Waals surface area contributed by atoms with Gasteiger partial charge in [0.2, 0.25) is 12.1 Å². The Balaban J connectivity index is 1.13. The van der Waals surface area contributed by atoms with E-state index in [9.17, 15) is 9.59 Å². The molecule has 8 rings (SSSR count). The molecule has 2 amide bonds. The lowest BCUT2D eigenvalue weighted by atomic mass is 10.0. The summed E-state index contributed by atoms with van der Waals surface area (Å²) >= 11 is 8.01. The highest BCUT2D eigenvalue weighted by Gasteiger charge is 2.38. The second-order valence-corrected chi connectivity index (χ2v) is 15.0. The van der Waals surface area contributed by atoms with Crippen LogP contribution < -0.4 is 10.1 Å². The molecule has 5 heterocycles. The van der Waals surface area contributed by atoms with Crippen LogP contribution in [-0.4, -0.2) is 56.1 Å². The normalized spacial score (nSPS) is 19.1. The van der Waals surface area contributed by atoms with E-state index >= 15 is 4.39 Å². The van der Waals surface area contributed by atoms with E-state index in [1.165, 1.54) is 26.0 Å². The fraction of sp³-hybridized carbons (Fsp3) is 0.389. The number of ether oxygens (including phenoxy) is 2. The molecule has 2 aromatic carbocycles. The van der Waals surface area contributed by atoms with Crippen molar-refractivity contribution in [1.82, 2.24) is 29.7 Å². The lowest BCUT2D eigenvalue weighted by molar-refractivity contribution is -0.135. The van der Waals surface area contributed by atoms with Gasteiger partial charge < -0.3 is 24.7 Å². The van der Waals surface area contributed by atoms with E-state index in [2.05, 4.69) is 15.3 Å². The van der Waals surface area contributed by atoms with Crippen molar-refractivity contribution in [3.63, 3.8) is 0 Å². The van der Waals surface area contributed by atoms with E-state index in [4.69, 9.17) is 26.1 Å². The molecule has 0 bridgehead atoms. The van der Waals surface area contributed by atoms with Crippen LogP contribution in [0, 0.1) is 17.7 Å². The monoisotopic (exact) mass is 702 g/mol. The van der Waals surface area contributed by atoms with E-state index < -0.39 is 24.2 Å². The Morgan fingerprint density at radius 3 is 2.78 bits per heavy atom. The van der Waals surface area contributed by atoms with Crippen molar-refractivity contribution in [3.8, 4) is 28.3 Å². The molecule has 1 saturated heterocycles. The summed E-state index contributed by atoms with van der Waals surface area (Å²) in [5, 5.41) is 5.25. The Hall–Kier alpha value is -4.42. The number of imidazole rings is 1. The van der Waals surface area contributed by atoms with Gasteiger partial charge in [0.15, 0.2) is 0 Å². The number of carbonyl (C=O) groups excluding carboxylic acids is 2. The van der Waals surface area contributed by atoms with E-state index in [0.717, 1.165) is 33.6 Å². The zero-order chi connectivity index (χ0) is 34.0. The molecule has 2 fully saturated rings. The van der Waals surface area contributed by atoms with Crippen molar-refractivity contribution >= 4 is 45.8 Å². The van der Waals surface area contributed by atoms with Gasteiger partial charge in [-0.15, -0.1) is 11.3 Å². The summed E-state index contributed by atoms with van der Waals surface area (Å²) in [4.78, 5) is 41.0. The first kappa shape index (κ1) is 31.8. The Labute approximate surface area is 291 Å². The van der Waals surface area contributed by atoms with Crippen LogP contribution in [0.2, 0.25) is 5.02 Å². The minimum absolute atomic E-state index is 0.146. The third-order valence-electron chi connectivity index (χ3n) is 9.71. The fourth-order valence-electron chi connectivity index (χ4n) is 7.04. The van der Waals surface area contributed by atoms with E-state index in [0.29, 0.717) is 58.0 Å². The zero-order valence-corrected chi connectivity index (χ0v) is 28.9. The SMILES string of the molecule is COC(=O)N[C@H](C(=O)N1CCCC1c1ncc(-c2cc(F)c3c(c2)OC(c2cnc(CC4CC4)s2)n2c-3cc3cc(Cl)ccc32)[nH]1)C(C)C. The van der Waals surface area contributed by atoms with Crippen molar-refractivity contribution < 1.29 is 23.5 Å². The third-order valence-corrected chi connectivity index (χ3v) is 11.0. The molecule has 3 aliphatic rings. The number of nitrogens with one attached hydrogen (secondary N) is 2. The number of thiazole rings is 1. The molecule has 0 radical (unpaired) electrons. The predicted molar refractivity (Wildman–Crippen MR) is 185 cm³/mol. The molecule has 1 aliphatic carbocycles. The lowest BCUT2D eigenvalue weighted by Crippen LogP contribution is -2.51. The number of benzene rings is 2. The molecule has 3 aromatic heterocycles. The van der Waals surface area contributed by atoms with E-state index in [-0.39, 0.29) is 17.9 Å². The summed E-state index contributed by atoms with van der Waals surface area (Å²) in [6.45, 7) is 4.29. The minimum atomic E-state index is -0.739. The van der Waals surface area contributed by atoms with Gasteiger partial charge >= 0.3 is 6.09 Å². The topological polar surface area (TPSA) is 114 Å². The quantitative estimate of drug-likeness (QED) is 0.170. The number of fused-ring (bicyclic) bond motifs is 5. The Bertz CT molecular complexity index is 2090. The van der Waals surface area contributed by atoms with E-state index in [1.807, 2.05) is 54.9 Å². The molecule has 2 aliphatic heterocycles. The van der Waals surface area contributed by atoms with Crippen LogP contribution in [0.4, 0.5) is 9.18 Å². The molecular weight excluding hydrogens is 667 g/mol. The van der Waals surface area contributed by atoms with Crippen molar-refractivity contribution in [2.45, 2.75) is 64.3 Å². The number of aromatic nitrogens is 4. The van der Waals surface area contributed by atoms with Gasteiger partial charge in [0.25, 0.3) is 0 Å². The van der Waals surface area contributed by atoms with Crippen molar-refractivity contribution in [1.29, 1.82) is 0 Å². The van der Waals surface area contributed by atoms with Gasteiger partial charge in [-0.2, -0.15) is 0 Å². The van der Waals surface area contributed by atoms with Crippen molar-refractivity contribution in [2.24, 2.45) is 11.8 Å². The third kappa shape index (κ3) is 5.84. The Morgan fingerprint density at radius 1 is 1.16 bits per heavy atom. The standard InChI is InChI=1S/C36H36ClFN6O4S/c1-18(2)32(42-36(46)47-3)34(45)43-10-4-5-26(43)33-40-16-24(41-33)20-13-23(38)31-27-14-21-12-22(37)8-9-25(21)44(27)35(48-28(31)15-20)29-17-39-30(49-29)11-19-6-7-19/h8-9,12-19,26,32,35H,4-7,10-11H2,1-3H3,(H,40,41)(H,42,46)/t26?,32-,35?/m0/s1. The number of halogens is 2. The first-order valence-corrected chi connectivity index (χ1v) is 17.8. The summed E-state index contributed by atoms with van der Waals surface area (Å²) in [5.74, 6) is 0.954. The molecule has 2 unspecified atom stereocenters. The number of rotatable bonds is 8. The Morgan fingerprint density at radius 2 is 2.00 bits per heavy atom. The minimum Gasteiger partial charge on any atom is -0.464 e. The number of aromatic amines is 1. The van der Waals surface area contributed by atoms with Gasteiger partial charge in [-0.25, -0.2) is 19.2 Å². The molecule has 5 aromatic rings. The fourth-order valence-corrected chi connectivity index (χ4v) is 8.27. The number of hydrogen-bond acceptors (Lipinski definition) is 7. The second-order valence-electron chi connectivity index (χ2n) is 13.4. The number of likely N-dealkylation sites (tertiary alicyclic amines) is 1. The molecule has 0 spiro atoms. The molecule has 10 nitrogen and oxygen atoms in total. The van der Waals surface area contributed by atoms with Crippen molar-refractivity contribution in [2.75, 3.05) is 13.7 Å². The van der Waals surface area contributed by atoms with Crippen molar-refractivity contribution in [3.05, 3.63) is 75.3 Å². The summed E-state index contributed by atoms with van der Waals surface area (Å²) in [6.07, 6.45) is 7.30. The van der Waals surface area contributed by atoms with Crippen LogP contribution in [-0.2, 0) is 16.0 Å². The number of hydrogen-bond donors (Lipinski definition) is 2. The van der Waals surface area contributed by atoms with E-state index in [1.54, 1.807) is 22.4 Å². The molecule has 254 valence electrons. The summed E-state index contributed by atoms with van der Waals surface area (Å²) in [5.41, 5.74) is 3.15. The highest BCUT2D eigenvalue weighted by molar-refractivity contribution is 7.11. The summed E-state index contributed by atoms with van der Waals surface area (Å²) in [7, 11) is 1.27. The van der Waals surface area contributed by atoms with Crippen LogP contribution >= 0.6 is 22.9 Å². The lowest BCUT2D eigenvalue weighted by Gasteiger charge is -2.30. The van der Waals surface area contributed by atoms with Gasteiger partial charge in [0.05, 0.1) is 51.7 Å². The average molecular weight is 703 g/mol. The number of carbonyl (C=O) groups is 2. The van der Waals surface area contributed by atoms with Gasteiger partial charge in [0, 0.05) is 35.1 Å². The van der Waals surface area contributed by atoms with Crippen LogP contribution in [0.3, 0.4) is 0 Å². The first-order chi connectivity index (χ1) is 23.7. The predicted octanol–water partition coefficient (Wildman–Crippen LogP) is 7.88. The molecule has 49 heavy (non-hydrogen) atoms. The molecule has 2 N–H and O–H groups in total. The largest absolute Gasteiger partial charge is 0.464 e.